The molecular weight excluding hydrogens is 256 g/mol. The number of rotatable bonds is 6. The lowest BCUT2D eigenvalue weighted by molar-refractivity contribution is -0.122. The number of hydrogen-bond acceptors (Lipinski definition) is 3. The third-order valence-corrected chi connectivity index (χ3v) is 4.46. The molecule has 106 valence electrons. The molecule has 0 unspecified atom stereocenters. The van der Waals surface area contributed by atoms with Gasteiger partial charge in [-0.15, -0.1) is 0 Å². The van der Waals surface area contributed by atoms with Crippen LogP contribution in [0.3, 0.4) is 0 Å². The molecule has 0 aromatic heterocycles. The van der Waals surface area contributed by atoms with E-state index in [0.717, 1.165) is 17.2 Å². The van der Waals surface area contributed by atoms with Gasteiger partial charge in [-0.05, 0) is 26.0 Å². The van der Waals surface area contributed by atoms with E-state index >= 15 is 0 Å². The maximum Gasteiger partial charge on any atom is 0.230 e. The highest BCUT2D eigenvalue weighted by molar-refractivity contribution is 7.99. The smallest absolute Gasteiger partial charge is 0.230 e. The van der Waals surface area contributed by atoms with Crippen LogP contribution in [0.4, 0.5) is 5.69 Å². The van der Waals surface area contributed by atoms with Crippen LogP contribution >= 0.6 is 11.8 Å². The Balaban J connectivity index is 2.50. The first-order valence-electron chi connectivity index (χ1n) is 6.44. The van der Waals surface area contributed by atoms with Gasteiger partial charge in [0, 0.05) is 22.7 Å². The lowest BCUT2D eigenvalue weighted by atomic mass is 9.95. The molecule has 0 radical (unpaired) electrons. The van der Waals surface area contributed by atoms with E-state index in [1.54, 1.807) is 11.8 Å². The lowest BCUT2D eigenvalue weighted by Gasteiger charge is -2.25. The quantitative estimate of drug-likeness (QED) is 0.842. The van der Waals surface area contributed by atoms with Crippen molar-refractivity contribution < 1.29 is 4.79 Å². The number of carbonyl (C=O) groups excluding carboxylic acids is 1. The highest BCUT2D eigenvalue weighted by Crippen LogP contribution is 2.25. The summed E-state index contributed by atoms with van der Waals surface area (Å²) in [4.78, 5) is 12.2. The molecule has 0 saturated carbocycles. The molecule has 1 rings (SSSR count). The summed E-state index contributed by atoms with van der Waals surface area (Å²) < 4.78 is 0. The third-order valence-electron chi connectivity index (χ3n) is 2.58. The van der Waals surface area contributed by atoms with Gasteiger partial charge in [0.05, 0.1) is 5.41 Å². The molecule has 3 nitrogen and oxygen atoms in total. The monoisotopic (exact) mass is 280 g/mol. The third kappa shape index (κ3) is 6.12. The Morgan fingerprint density at radius 2 is 1.74 bits per heavy atom. The molecule has 0 saturated heterocycles. The number of nitrogens with two attached hydrogens (primary N) is 1. The largest absolute Gasteiger partial charge is 0.326 e. The number of benzene rings is 1. The molecule has 1 amide bonds. The Hall–Kier alpha value is -1.00. The van der Waals surface area contributed by atoms with Crippen molar-refractivity contribution in [2.45, 2.75) is 33.2 Å². The molecular formula is C15H24N2OS. The van der Waals surface area contributed by atoms with Crippen molar-refractivity contribution in [2.75, 3.05) is 16.8 Å². The summed E-state index contributed by atoms with van der Waals surface area (Å²) in [6, 6.07) is 9.54. The van der Waals surface area contributed by atoms with Crippen LogP contribution in [0.1, 0.15) is 27.7 Å². The van der Waals surface area contributed by atoms with E-state index in [-0.39, 0.29) is 11.4 Å². The van der Waals surface area contributed by atoms with Gasteiger partial charge in [0.2, 0.25) is 5.91 Å². The molecule has 3 N–H and O–H groups in total. The molecule has 1 aromatic carbocycles. The van der Waals surface area contributed by atoms with Crippen LogP contribution in [0.25, 0.3) is 0 Å². The van der Waals surface area contributed by atoms with Crippen molar-refractivity contribution >= 4 is 23.4 Å². The number of para-hydroxylation sites is 1. The van der Waals surface area contributed by atoms with Gasteiger partial charge in [0.1, 0.15) is 0 Å². The van der Waals surface area contributed by atoms with E-state index in [9.17, 15) is 4.79 Å². The zero-order valence-electron chi connectivity index (χ0n) is 12.2. The maximum absolute atomic E-state index is 12.2. The normalized spacial score (nSPS) is 12.3. The topological polar surface area (TPSA) is 55.1 Å². The molecule has 0 fully saturated rings. The van der Waals surface area contributed by atoms with Gasteiger partial charge in [-0.25, -0.2) is 0 Å². The SMILES string of the molecule is CC(C)(N)CSCC(C)(C)C(=O)Nc1ccccc1. The first-order chi connectivity index (χ1) is 8.71. The fourth-order valence-electron chi connectivity index (χ4n) is 1.46. The number of carbonyl (C=O) groups is 1. The first kappa shape index (κ1) is 16.1. The Morgan fingerprint density at radius 1 is 1.16 bits per heavy atom. The summed E-state index contributed by atoms with van der Waals surface area (Å²) in [6.45, 7) is 7.91. The van der Waals surface area contributed by atoms with Crippen LogP contribution in [0, 0.1) is 5.41 Å². The molecule has 1 aromatic rings. The van der Waals surface area contributed by atoms with Gasteiger partial charge >= 0.3 is 0 Å². The van der Waals surface area contributed by atoms with E-state index in [4.69, 9.17) is 5.73 Å². The summed E-state index contributed by atoms with van der Waals surface area (Å²) in [5.74, 6) is 1.64. The number of nitrogens with one attached hydrogen (secondary N) is 1. The summed E-state index contributed by atoms with van der Waals surface area (Å²) in [5.41, 5.74) is 6.17. The maximum atomic E-state index is 12.2. The van der Waals surface area contributed by atoms with Crippen molar-refractivity contribution in [3.05, 3.63) is 30.3 Å². The minimum Gasteiger partial charge on any atom is -0.326 e. The standard InChI is InChI=1S/C15H24N2OS/c1-14(2,10-19-11-15(3,4)16)13(18)17-12-8-6-5-7-9-12/h5-9H,10-11,16H2,1-4H3,(H,17,18). The minimum atomic E-state index is -0.411. The van der Waals surface area contributed by atoms with Crippen LogP contribution in [0.5, 0.6) is 0 Å². The Kier molecular flexibility index (Phi) is 5.44. The summed E-state index contributed by atoms with van der Waals surface area (Å²) in [6.07, 6.45) is 0. The average molecular weight is 280 g/mol. The minimum absolute atomic E-state index is 0.0426. The summed E-state index contributed by atoms with van der Waals surface area (Å²) in [5, 5.41) is 2.95. The molecule has 4 heteroatoms. The van der Waals surface area contributed by atoms with Crippen molar-refractivity contribution in [3.8, 4) is 0 Å². The molecule has 0 atom stereocenters. The zero-order valence-corrected chi connectivity index (χ0v) is 13.0. The fourth-order valence-corrected chi connectivity index (χ4v) is 2.73. The summed E-state index contributed by atoms with van der Waals surface area (Å²) >= 11 is 1.72. The van der Waals surface area contributed by atoms with Gasteiger partial charge in [-0.2, -0.15) is 11.8 Å². The van der Waals surface area contributed by atoms with E-state index in [1.165, 1.54) is 0 Å². The van der Waals surface area contributed by atoms with Crippen molar-refractivity contribution in [1.82, 2.24) is 0 Å². The van der Waals surface area contributed by atoms with E-state index in [2.05, 4.69) is 5.32 Å². The second-order valence-electron chi connectivity index (χ2n) is 6.19. The molecule has 0 aliphatic carbocycles. The van der Waals surface area contributed by atoms with Crippen LogP contribution in [0.2, 0.25) is 0 Å². The average Bonchev–Trinajstić information content (AvgIpc) is 2.28. The molecule has 19 heavy (non-hydrogen) atoms. The van der Waals surface area contributed by atoms with Crippen LogP contribution < -0.4 is 11.1 Å². The fraction of sp³-hybridized carbons (Fsp3) is 0.533. The second kappa shape index (κ2) is 6.44. The number of amides is 1. The molecule has 0 bridgehead atoms. The van der Waals surface area contributed by atoms with Gasteiger partial charge in [-0.3, -0.25) is 4.79 Å². The second-order valence-corrected chi connectivity index (χ2v) is 7.17. The zero-order chi connectivity index (χ0) is 14.5. The summed E-state index contributed by atoms with van der Waals surface area (Å²) in [7, 11) is 0. The van der Waals surface area contributed by atoms with Crippen LogP contribution in [0.15, 0.2) is 30.3 Å². The van der Waals surface area contributed by atoms with Gasteiger partial charge in [0.25, 0.3) is 0 Å². The van der Waals surface area contributed by atoms with Gasteiger partial charge < -0.3 is 11.1 Å². The Bertz CT molecular complexity index is 410. The van der Waals surface area contributed by atoms with E-state index in [0.29, 0.717) is 0 Å². The first-order valence-corrected chi connectivity index (χ1v) is 7.59. The molecule has 0 aliphatic rings. The Labute approximate surface area is 120 Å². The molecule has 0 spiro atoms. The van der Waals surface area contributed by atoms with Crippen LogP contribution in [-0.4, -0.2) is 23.0 Å². The number of thioether (sulfide) groups is 1. The predicted molar refractivity (Wildman–Crippen MR) is 84.4 cm³/mol. The van der Waals surface area contributed by atoms with Crippen molar-refractivity contribution in [3.63, 3.8) is 0 Å². The number of anilines is 1. The lowest BCUT2D eigenvalue weighted by Crippen LogP contribution is -2.37. The van der Waals surface area contributed by atoms with Crippen LogP contribution in [-0.2, 0) is 4.79 Å². The highest BCUT2D eigenvalue weighted by atomic mass is 32.2. The Morgan fingerprint density at radius 3 is 2.26 bits per heavy atom. The van der Waals surface area contributed by atoms with E-state index < -0.39 is 5.41 Å². The number of hydrogen-bond donors (Lipinski definition) is 2. The predicted octanol–water partition coefficient (Wildman–Crippen LogP) is 3.12. The van der Waals surface area contributed by atoms with Gasteiger partial charge in [0.15, 0.2) is 0 Å². The van der Waals surface area contributed by atoms with Crippen molar-refractivity contribution in [1.29, 1.82) is 0 Å². The van der Waals surface area contributed by atoms with Crippen molar-refractivity contribution in [2.24, 2.45) is 11.1 Å². The molecule has 0 aliphatic heterocycles. The van der Waals surface area contributed by atoms with Gasteiger partial charge in [-0.1, -0.05) is 32.0 Å². The molecule has 0 heterocycles. The van der Waals surface area contributed by atoms with E-state index in [1.807, 2.05) is 58.0 Å². The highest BCUT2D eigenvalue weighted by Gasteiger charge is 2.28.